The van der Waals surface area contributed by atoms with E-state index in [1.54, 1.807) is 16.7 Å². The fraction of sp³-hybridized carbons (Fsp3) is 0.833. The molecule has 5 nitrogen and oxygen atoms in total. The molecule has 1 heterocycles. The topological polar surface area (TPSA) is 83.6 Å². The summed E-state index contributed by atoms with van der Waals surface area (Å²) >= 11 is 1.67. The summed E-state index contributed by atoms with van der Waals surface area (Å²) in [6, 6.07) is -0.492. The zero-order chi connectivity index (χ0) is 13.7. The number of carboxylic acid groups (broad SMARTS) is 1. The van der Waals surface area contributed by atoms with Crippen molar-refractivity contribution in [1.82, 2.24) is 4.90 Å². The Morgan fingerprint density at radius 1 is 1.56 bits per heavy atom. The minimum Gasteiger partial charge on any atom is -0.481 e. The molecule has 0 aromatic rings. The first-order valence-corrected chi connectivity index (χ1v) is 7.64. The molecule has 0 bridgehead atoms. The Hall–Kier alpha value is -0.750. The van der Waals surface area contributed by atoms with Crippen LogP contribution < -0.4 is 5.73 Å². The van der Waals surface area contributed by atoms with E-state index in [9.17, 15) is 9.59 Å². The molecule has 0 aliphatic carbocycles. The first-order chi connectivity index (χ1) is 8.47. The Balaban J connectivity index is 2.52. The normalized spacial score (nSPS) is 25.8. The van der Waals surface area contributed by atoms with Crippen LogP contribution in [0.1, 0.15) is 26.2 Å². The second kappa shape index (κ2) is 6.99. The molecule has 3 N–H and O–H groups in total. The minimum absolute atomic E-state index is 0.0346. The van der Waals surface area contributed by atoms with E-state index in [4.69, 9.17) is 10.8 Å². The third-order valence-electron chi connectivity index (χ3n) is 3.46. The summed E-state index contributed by atoms with van der Waals surface area (Å²) < 4.78 is 0. The number of likely N-dealkylation sites (tertiary alicyclic amines) is 1. The van der Waals surface area contributed by atoms with Gasteiger partial charge in [0.2, 0.25) is 5.91 Å². The number of aliphatic carboxylic acids is 1. The Morgan fingerprint density at radius 3 is 2.72 bits per heavy atom. The van der Waals surface area contributed by atoms with Crippen LogP contribution in [0.4, 0.5) is 0 Å². The molecule has 0 saturated carbocycles. The Bertz CT molecular complexity index is 312. The number of amides is 1. The second-order valence-electron chi connectivity index (χ2n) is 4.83. The highest BCUT2D eigenvalue weighted by Crippen LogP contribution is 2.23. The van der Waals surface area contributed by atoms with Crippen molar-refractivity contribution in [2.24, 2.45) is 11.7 Å². The molecule has 1 rings (SSSR count). The molecular weight excluding hydrogens is 252 g/mol. The van der Waals surface area contributed by atoms with Gasteiger partial charge in [-0.05, 0) is 38.2 Å². The van der Waals surface area contributed by atoms with E-state index in [2.05, 4.69) is 0 Å². The summed E-state index contributed by atoms with van der Waals surface area (Å²) in [6.45, 7) is 2.40. The van der Waals surface area contributed by atoms with E-state index in [1.807, 2.05) is 13.2 Å². The average Bonchev–Trinajstić information content (AvgIpc) is 2.34. The van der Waals surface area contributed by atoms with Gasteiger partial charge in [-0.25, -0.2) is 0 Å². The van der Waals surface area contributed by atoms with Crippen LogP contribution in [0.15, 0.2) is 0 Å². The standard InChI is InChI=1S/C12H22N2O3S/c1-8-7-9(12(16)17)3-5-14(8)11(15)10(13)4-6-18-2/h8-10H,3-7,13H2,1-2H3,(H,16,17)/t8?,9?,10-/m0/s1. The van der Waals surface area contributed by atoms with Crippen LogP contribution in [-0.4, -0.2) is 52.5 Å². The van der Waals surface area contributed by atoms with E-state index in [0.29, 0.717) is 25.8 Å². The number of carboxylic acids is 1. The summed E-state index contributed by atoms with van der Waals surface area (Å²) in [5.74, 6) is -0.264. The highest BCUT2D eigenvalue weighted by Gasteiger charge is 2.33. The highest BCUT2D eigenvalue weighted by molar-refractivity contribution is 7.98. The maximum atomic E-state index is 12.1. The van der Waals surface area contributed by atoms with Crippen molar-refractivity contribution in [3.05, 3.63) is 0 Å². The van der Waals surface area contributed by atoms with Crippen LogP contribution in [-0.2, 0) is 9.59 Å². The summed E-state index contributed by atoms with van der Waals surface area (Å²) in [7, 11) is 0. The van der Waals surface area contributed by atoms with Crippen molar-refractivity contribution in [1.29, 1.82) is 0 Å². The molecule has 0 aromatic heterocycles. The van der Waals surface area contributed by atoms with Gasteiger partial charge in [-0.2, -0.15) is 11.8 Å². The minimum atomic E-state index is -0.763. The van der Waals surface area contributed by atoms with Gasteiger partial charge < -0.3 is 15.7 Å². The molecule has 2 unspecified atom stereocenters. The smallest absolute Gasteiger partial charge is 0.306 e. The van der Waals surface area contributed by atoms with E-state index < -0.39 is 12.0 Å². The van der Waals surface area contributed by atoms with Crippen LogP contribution in [0.25, 0.3) is 0 Å². The van der Waals surface area contributed by atoms with Crippen LogP contribution in [0.5, 0.6) is 0 Å². The maximum absolute atomic E-state index is 12.1. The van der Waals surface area contributed by atoms with E-state index in [1.165, 1.54) is 0 Å². The van der Waals surface area contributed by atoms with Crippen molar-refractivity contribution < 1.29 is 14.7 Å². The van der Waals surface area contributed by atoms with Gasteiger partial charge >= 0.3 is 5.97 Å². The van der Waals surface area contributed by atoms with Gasteiger partial charge in [0.05, 0.1) is 12.0 Å². The number of carbonyl (C=O) groups is 2. The second-order valence-corrected chi connectivity index (χ2v) is 5.81. The predicted octanol–water partition coefficient (Wildman–Crippen LogP) is 0.778. The zero-order valence-electron chi connectivity index (χ0n) is 11.0. The van der Waals surface area contributed by atoms with Gasteiger partial charge in [-0.3, -0.25) is 9.59 Å². The number of nitrogens with two attached hydrogens (primary N) is 1. The number of nitrogens with zero attached hydrogens (tertiary/aromatic N) is 1. The lowest BCUT2D eigenvalue weighted by Gasteiger charge is -2.37. The molecule has 3 atom stereocenters. The van der Waals surface area contributed by atoms with Crippen molar-refractivity contribution in [2.75, 3.05) is 18.6 Å². The molecule has 1 fully saturated rings. The molecule has 0 radical (unpaired) electrons. The van der Waals surface area contributed by atoms with Crippen LogP contribution >= 0.6 is 11.8 Å². The lowest BCUT2D eigenvalue weighted by molar-refractivity contribution is -0.147. The molecule has 1 amide bonds. The summed E-state index contributed by atoms with van der Waals surface area (Å²) in [6.07, 6.45) is 3.71. The molecule has 1 aliphatic rings. The van der Waals surface area contributed by atoms with Gasteiger partial charge in [-0.1, -0.05) is 0 Å². The molecule has 1 aliphatic heterocycles. The number of hydrogen-bond donors (Lipinski definition) is 2. The average molecular weight is 274 g/mol. The van der Waals surface area contributed by atoms with E-state index in [0.717, 1.165) is 5.75 Å². The highest BCUT2D eigenvalue weighted by atomic mass is 32.2. The Kier molecular flexibility index (Phi) is 5.95. The number of hydrogen-bond acceptors (Lipinski definition) is 4. The number of thioether (sulfide) groups is 1. The SMILES string of the molecule is CSCC[C@H](N)C(=O)N1CCC(C(=O)O)CC1C. The molecule has 0 spiro atoms. The number of piperidine rings is 1. The number of carbonyl (C=O) groups excluding carboxylic acids is 1. The first-order valence-electron chi connectivity index (χ1n) is 6.25. The van der Waals surface area contributed by atoms with Crippen molar-refractivity contribution in [3.8, 4) is 0 Å². The summed E-state index contributed by atoms with van der Waals surface area (Å²) in [5.41, 5.74) is 5.87. The van der Waals surface area contributed by atoms with Crippen molar-refractivity contribution >= 4 is 23.6 Å². The Labute approximate surface area is 112 Å². The van der Waals surface area contributed by atoms with Crippen LogP contribution in [0.2, 0.25) is 0 Å². The lowest BCUT2D eigenvalue weighted by Crippen LogP contribution is -2.52. The van der Waals surface area contributed by atoms with Gasteiger partial charge in [0.25, 0.3) is 0 Å². The molecule has 6 heteroatoms. The van der Waals surface area contributed by atoms with E-state index in [-0.39, 0.29) is 17.9 Å². The quantitative estimate of drug-likeness (QED) is 0.774. The summed E-state index contributed by atoms with van der Waals surface area (Å²) in [4.78, 5) is 24.8. The van der Waals surface area contributed by atoms with Gasteiger partial charge in [0.1, 0.15) is 0 Å². The van der Waals surface area contributed by atoms with Crippen molar-refractivity contribution in [3.63, 3.8) is 0 Å². The molecule has 18 heavy (non-hydrogen) atoms. The van der Waals surface area contributed by atoms with Gasteiger partial charge in [0, 0.05) is 12.6 Å². The fourth-order valence-corrected chi connectivity index (χ4v) is 2.79. The fourth-order valence-electron chi connectivity index (χ4n) is 2.31. The zero-order valence-corrected chi connectivity index (χ0v) is 11.8. The number of rotatable bonds is 5. The predicted molar refractivity (Wildman–Crippen MR) is 72.5 cm³/mol. The maximum Gasteiger partial charge on any atom is 0.306 e. The van der Waals surface area contributed by atoms with Crippen molar-refractivity contribution in [2.45, 2.75) is 38.3 Å². The first kappa shape index (κ1) is 15.3. The molecule has 1 saturated heterocycles. The summed E-state index contributed by atoms with van der Waals surface area (Å²) in [5, 5.41) is 8.98. The van der Waals surface area contributed by atoms with Crippen LogP contribution in [0, 0.1) is 5.92 Å². The molecule has 0 aromatic carbocycles. The third kappa shape index (κ3) is 3.88. The Morgan fingerprint density at radius 2 is 2.22 bits per heavy atom. The van der Waals surface area contributed by atoms with E-state index >= 15 is 0 Å². The van der Waals surface area contributed by atoms with Gasteiger partial charge in [-0.15, -0.1) is 0 Å². The molecular formula is C12H22N2O3S. The monoisotopic (exact) mass is 274 g/mol. The lowest BCUT2D eigenvalue weighted by atomic mass is 9.91. The van der Waals surface area contributed by atoms with Gasteiger partial charge in [0.15, 0.2) is 0 Å². The molecule has 104 valence electrons. The third-order valence-corrected chi connectivity index (χ3v) is 4.10. The largest absolute Gasteiger partial charge is 0.481 e. The van der Waals surface area contributed by atoms with Crippen LogP contribution in [0.3, 0.4) is 0 Å².